The van der Waals surface area contributed by atoms with E-state index in [2.05, 4.69) is 10.6 Å². The summed E-state index contributed by atoms with van der Waals surface area (Å²) in [7, 11) is 1.51. The molecule has 36 heavy (non-hydrogen) atoms. The van der Waals surface area contributed by atoms with Crippen molar-refractivity contribution in [2.24, 2.45) is 0 Å². The highest BCUT2D eigenvalue weighted by molar-refractivity contribution is 5.99. The SMILES string of the molecule is COc1ccc(NC(=O)C(c2ccc(O)cc2)N(CCO)C(=O)C(CO)NC(=O)OC(C)(C)C)cc1. The van der Waals surface area contributed by atoms with E-state index in [-0.39, 0.29) is 12.3 Å². The highest BCUT2D eigenvalue weighted by Gasteiger charge is 2.36. The number of rotatable bonds is 10. The Kier molecular flexibility index (Phi) is 10.1. The molecule has 0 aromatic heterocycles. The van der Waals surface area contributed by atoms with Crippen LogP contribution < -0.4 is 15.4 Å². The van der Waals surface area contributed by atoms with Gasteiger partial charge in [0.2, 0.25) is 5.91 Å². The normalized spacial score (nSPS) is 12.7. The predicted molar refractivity (Wildman–Crippen MR) is 132 cm³/mol. The number of aromatic hydroxyl groups is 1. The third-order valence-electron chi connectivity index (χ3n) is 4.92. The molecule has 2 aromatic carbocycles. The number of benzene rings is 2. The van der Waals surface area contributed by atoms with Gasteiger partial charge in [-0.1, -0.05) is 12.1 Å². The Morgan fingerprint density at radius 2 is 1.61 bits per heavy atom. The maximum atomic E-state index is 13.4. The Hall–Kier alpha value is -3.83. The number of hydrogen-bond donors (Lipinski definition) is 5. The van der Waals surface area contributed by atoms with Gasteiger partial charge in [-0.25, -0.2) is 4.79 Å². The van der Waals surface area contributed by atoms with Crippen molar-refractivity contribution in [3.05, 3.63) is 54.1 Å². The third-order valence-corrected chi connectivity index (χ3v) is 4.92. The zero-order chi connectivity index (χ0) is 26.9. The summed E-state index contributed by atoms with van der Waals surface area (Å²) in [6, 6.07) is 9.43. The fourth-order valence-electron chi connectivity index (χ4n) is 3.32. The summed E-state index contributed by atoms with van der Waals surface area (Å²) in [5.74, 6) is -0.908. The zero-order valence-electron chi connectivity index (χ0n) is 20.7. The molecule has 5 N–H and O–H groups in total. The molecule has 0 bridgehead atoms. The van der Waals surface area contributed by atoms with Gasteiger partial charge in [-0.05, 0) is 62.7 Å². The molecule has 11 nitrogen and oxygen atoms in total. The lowest BCUT2D eigenvalue weighted by molar-refractivity contribution is -0.142. The Bertz CT molecular complexity index is 1020. The van der Waals surface area contributed by atoms with Gasteiger partial charge >= 0.3 is 6.09 Å². The highest BCUT2D eigenvalue weighted by Crippen LogP contribution is 2.26. The van der Waals surface area contributed by atoms with Crippen LogP contribution in [0.15, 0.2) is 48.5 Å². The molecule has 11 heteroatoms. The van der Waals surface area contributed by atoms with Crippen molar-refractivity contribution in [1.82, 2.24) is 10.2 Å². The van der Waals surface area contributed by atoms with Crippen molar-refractivity contribution < 1.29 is 39.2 Å². The van der Waals surface area contributed by atoms with E-state index in [0.29, 0.717) is 17.0 Å². The summed E-state index contributed by atoms with van der Waals surface area (Å²) in [4.78, 5) is 40.1. The number of nitrogens with one attached hydrogen (secondary N) is 2. The van der Waals surface area contributed by atoms with Gasteiger partial charge in [0.1, 0.15) is 29.2 Å². The minimum absolute atomic E-state index is 0.0482. The number of carbonyl (C=O) groups excluding carboxylic acids is 3. The Morgan fingerprint density at radius 3 is 2.11 bits per heavy atom. The van der Waals surface area contributed by atoms with E-state index in [1.165, 1.54) is 31.4 Å². The molecule has 0 saturated heterocycles. The monoisotopic (exact) mass is 503 g/mol. The number of carbonyl (C=O) groups is 3. The van der Waals surface area contributed by atoms with Crippen LogP contribution in [0.2, 0.25) is 0 Å². The molecule has 0 aliphatic carbocycles. The maximum Gasteiger partial charge on any atom is 0.408 e. The standard InChI is InChI=1S/C25H33N3O8/c1-25(2,3)36-24(34)27-20(15-30)23(33)28(13-14-29)21(16-5-9-18(31)10-6-16)22(32)26-17-7-11-19(35-4)12-8-17/h5-12,20-21,29-31H,13-15H2,1-4H3,(H,26,32)(H,27,34). The second-order valence-electron chi connectivity index (χ2n) is 8.85. The van der Waals surface area contributed by atoms with E-state index in [1.54, 1.807) is 45.0 Å². The van der Waals surface area contributed by atoms with Gasteiger partial charge in [0, 0.05) is 12.2 Å². The highest BCUT2D eigenvalue weighted by atomic mass is 16.6. The van der Waals surface area contributed by atoms with Crippen LogP contribution in [0.3, 0.4) is 0 Å². The number of phenolic OH excluding ortho intramolecular Hbond substituents is 1. The number of alkyl carbamates (subject to hydrolysis) is 1. The average molecular weight is 504 g/mol. The van der Waals surface area contributed by atoms with Crippen LogP contribution in [0.25, 0.3) is 0 Å². The lowest BCUT2D eigenvalue weighted by Gasteiger charge is -2.33. The first kappa shape index (κ1) is 28.4. The molecule has 196 valence electrons. The molecule has 0 aliphatic rings. The van der Waals surface area contributed by atoms with E-state index >= 15 is 0 Å². The van der Waals surface area contributed by atoms with Crippen LogP contribution in [-0.4, -0.2) is 76.6 Å². The minimum Gasteiger partial charge on any atom is -0.508 e. The van der Waals surface area contributed by atoms with Gasteiger partial charge in [0.05, 0.1) is 20.3 Å². The molecule has 0 saturated carbocycles. The third kappa shape index (κ3) is 8.14. The molecule has 0 heterocycles. The van der Waals surface area contributed by atoms with Gasteiger partial charge in [-0.15, -0.1) is 0 Å². The molecule has 0 fully saturated rings. The molecular formula is C25H33N3O8. The summed E-state index contributed by atoms with van der Waals surface area (Å²) >= 11 is 0. The quantitative estimate of drug-likeness (QED) is 0.328. The van der Waals surface area contributed by atoms with E-state index in [9.17, 15) is 29.7 Å². The summed E-state index contributed by atoms with van der Waals surface area (Å²) in [5, 5.41) is 34.3. The number of nitrogens with zero attached hydrogens (tertiary/aromatic N) is 1. The summed E-state index contributed by atoms with van der Waals surface area (Å²) in [6.07, 6.45) is -0.928. The van der Waals surface area contributed by atoms with Crippen LogP contribution in [-0.2, 0) is 14.3 Å². The molecule has 2 unspecified atom stereocenters. The van der Waals surface area contributed by atoms with Crippen molar-refractivity contribution >= 4 is 23.6 Å². The van der Waals surface area contributed by atoms with Gasteiger partial charge in [0.25, 0.3) is 5.91 Å². The van der Waals surface area contributed by atoms with E-state index in [1.807, 2.05) is 0 Å². The van der Waals surface area contributed by atoms with Crippen LogP contribution >= 0.6 is 0 Å². The van der Waals surface area contributed by atoms with Gasteiger partial charge < -0.3 is 40.3 Å². The van der Waals surface area contributed by atoms with E-state index < -0.39 is 48.8 Å². The fourth-order valence-corrected chi connectivity index (χ4v) is 3.32. The molecule has 3 amide bonds. The summed E-state index contributed by atoms with van der Waals surface area (Å²) < 4.78 is 10.3. The summed E-state index contributed by atoms with van der Waals surface area (Å²) in [6.45, 7) is 3.37. The van der Waals surface area contributed by atoms with Crippen LogP contribution in [0.1, 0.15) is 32.4 Å². The summed E-state index contributed by atoms with van der Waals surface area (Å²) in [5.41, 5.74) is -0.0915. The number of hydrogen-bond acceptors (Lipinski definition) is 8. The largest absolute Gasteiger partial charge is 0.508 e. The molecule has 0 spiro atoms. The van der Waals surface area contributed by atoms with Crippen molar-refractivity contribution in [2.45, 2.75) is 38.5 Å². The smallest absolute Gasteiger partial charge is 0.408 e. The van der Waals surface area contributed by atoms with Crippen LogP contribution in [0, 0.1) is 0 Å². The number of aliphatic hydroxyl groups excluding tert-OH is 2. The first-order chi connectivity index (χ1) is 17.0. The lowest BCUT2D eigenvalue weighted by Crippen LogP contribution is -2.54. The van der Waals surface area contributed by atoms with Gasteiger partial charge in [-0.2, -0.15) is 0 Å². The first-order valence-electron chi connectivity index (χ1n) is 11.2. The van der Waals surface area contributed by atoms with E-state index in [0.717, 1.165) is 4.90 Å². The number of aliphatic hydroxyl groups is 2. The number of ether oxygens (including phenoxy) is 2. The number of phenols is 1. The molecular weight excluding hydrogens is 470 g/mol. The number of anilines is 1. The number of amides is 3. The molecule has 2 atom stereocenters. The van der Waals surface area contributed by atoms with Crippen molar-refractivity contribution in [3.63, 3.8) is 0 Å². The Labute approximate surface area is 209 Å². The van der Waals surface area contributed by atoms with Crippen LogP contribution in [0.5, 0.6) is 11.5 Å². The van der Waals surface area contributed by atoms with Crippen LogP contribution in [0.4, 0.5) is 10.5 Å². The Morgan fingerprint density at radius 1 is 1.00 bits per heavy atom. The molecule has 2 aromatic rings. The first-order valence-corrected chi connectivity index (χ1v) is 11.2. The zero-order valence-corrected chi connectivity index (χ0v) is 20.7. The van der Waals surface area contributed by atoms with Crippen molar-refractivity contribution in [1.29, 1.82) is 0 Å². The minimum atomic E-state index is -1.44. The van der Waals surface area contributed by atoms with Gasteiger partial charge in [0.15, 0.2) is 0 Å². The second-order valence-corrected chi connectivity index (χ2v) is 8.85. The van der Waals surface area contributed by atoms with Crippen molar-refractivity contribution in [3.8, 4) is 11.5 Å². The maximum absolute atomic E-state index is 13.4. The predicted octanol–water partition coefficient (Wildman–Crippen LogP) is 1.79. The Balaban J connectivity index is 2.40. The van der Waals surface area contributed by atoms with Gasteiger partial charge in [-0.3, -0.25) is 9.59 Å². The lowest BCUT2D eigenvalue weighted by atomic mass is 10.0. The average Bonchev–Trinajstić information content (AvgIpc) is 2.82. The second kappa shape index (κ2) is 12.8. The fraction of sp³-hybridized carbons (Fsp3) is 0.400. The van der Waals surface area contributed by atoms with E-state index in [4.69, 9.17) is 9.47 Å². The molecule has 0 radical (unpaired) electrons. The molecule has 2 rings (SSSR count). The topological polar surface area (TPSA) is 158 Å². The van der Waals surface area contributed by atoms with Crippen molar-refractivity contribution in [2.75, 3.05) is 32.2 Å². The number of methoxy groups -OCH3 is 1. The molecule has 0 aliphatic heterocycles.